The summed E-state index contributed by atoms with van der Waals surface area (Å²) < 4.78 is 28.7. The van der Waals surface area contributed by atoms with Crippen molar-refractivity contribution in [3.05, 3.63) is 75.4 Å². The Balaban J connectivity index is 1.52. The maximum Gasteiger partial charge on any atom is 0.339 e. The minimum absolute atomic E-state index is 0.0690. The van der Waals surface area contributed by atoms with Crippen molar-refractivity contribution < 1.29 is 27.9 Å². The number of carbonyl (C=O) groups is 2. The van der Waals surface area contributed by atoms with E-state index in [1.807, 2.05) is 0 Å². The molecule has 0 saturated carbocycles. The molecule has 7 nitrogen and oxygen atoms in total. The molecule has 0 bridgehead atoms. The quantitative estimate of drug-likeness (QED) is 0.392. The lowest BCUT2D eigenvalue weighted by atomic mass is 10.0. The van der Waals surface area contributed by atoms with Crippen LogP contribution in [-0.2, 0) is 27.2 Å². The van der Waals surface area contributed by atoms with Gasteiger partial charge in [0.1, 0.15) is 17.1 Å². The predicted molar refractivity (Wildman–Crippen MR) is 121 cm³/mol. The van der Waals surface area contributed by atoms with E-state index in [1.54, 1.807) is 37.3 Å². The largest absolute Gasteiger partial charge is 0.497 e. The van der Waals surface area contributed by atoms with Crippen LogP contribution in [0.2, 0.25) is 0 Å². The van der Waals surface area contributed by atoms with Gasteiger partial charge in [0.2, 0.25) is 0 Å². The minimum atomic E-state index is -0.979. The number of hydrogen-bond acceptors (Lipinski definition) is 6. The highest BCUT2D eigenvalue weighted by Gasteiger charge is 2.19. The zero-order chi connectivity index (χ0) is 24.0. The van der Waals surface area contributed by atoms with Gasteiger partial charge in [0.25, 0.3) is 5.91 Å². The molecule has 1 unspecified atom stereocenters. The van der Waals surface area contributed by atoms with E-state index in [0.29, 0.717) is 29.9 Å². The zero-order valence-electron chi connectivity index (χ0n) is 18.8. The number of hydrogen-bond donors (Lipinski definition) is 1. The van der Waals surface area contributed by atoms with Gasteiger partial charge in [0, 0.05) is 30.0 Å². The van der Waals surface area contributed by atoms with Crippen LogP contribution in [0, 0.1) is 12.7 Å². The number of aryl methyl sites for hydroxylation is 1. The lowest BCUT2D eigenvalue weighted by Crippen LogP contribution is -2.37. The maximum atomic E-state index is 12.9. The number of nitrogens with one attached hydrogen (secondary N) is 1. The summed E-state index contributed by atoms with van der Waals surface area (Å²) in [5, 5.41) is 3.44. The number of rotatable bonds is 9. The third kappa shape index (κ3) is 6.19. The molecule has 0 aliphatic carbocycles. The van der Waals surface area contributed by atoms with Gasteiger partial charge < -0.3 is 19.2 Å². The fourth-order valence-corrected chi connectivity index (χ4v) is 3.45. The molecule has 3 aromatic rings. The Kier molecular flexibility index (Phi) is 7.82. The van der Waals surface area contributed by atoms with Crippen molar-refractivity contribution in [2.24, 2.45) is 0 Å². The van der Waals surface area contributed by atoms with Crippen molar-refractivity contribution in [1.82, 2.24) is 5.32 Å². The molecule has 3 rings (SSSR count). The van der Waals surface area contributed by atoms with Gasteiger partial charge in [0.05, 0.1) is 7.11 Å². The molecule has 174 valence electrons. The number of ether oxygens (including phenoxy) is 2. The summed E-state index contributed by atoms with van der Waals surface area (Å²) in [4.78, 5) is 36.8. The molecular weight excluding hydrogens is 429 g/mol. The van der Waals surface area contributed by atoms with Crippen LogP contribution in [0.4, 0.5) is 4.39 Å². The minimum Gasteiger partial charge on any atom is -0.497 e. The molecule has 2 aromatic carbocycles. The molecule has 0 fully saturated rings. The van der Waals surface area contributed by atoms with Gasteiger partial charge in [-0.25, -0.2) is 9.18 Å². The summed E-state index contributed by atoms with van der Waals surface area (Å²) in [6, 6.07) is 11.2. The topological polar surface area (TPSA) is 94.8 Å². The Hall–Kier alpha value is -3.68. The molecule has 0 spiro atoms. The summed E-state index contributed by atoms with van der Waals surface area (Å²) in [6.45, 7) is 3.60. The zero-order valence-corrected chi connectivity index (χ0v) is 18.8. The van der Waals surface area contributed by atoms with Gasteiger partial charge in [-0.15, -0.1) is 0 Å². The van der Waals surface area contributed by atoms with Crippen molar-refractivity contribution in [2.45, 2.75) is 39.2 Å². The smallest absolute Gasteiger partial charge is 0.339 e. The lowest BCUT2D eigenvalue weighted by Gasteiger charge is -2.14. The first-order valence-corrected chi connectivity index (χ1v) is 10.6. The summed E-state index contributed by atoms with van der Waals surface area (Å²) in [7, 11) is 1.53. The summed E-state index contributed by atoms with van der Waals surface area (Å²) in [5.74, 6) is -0.767. The third-order valence-corrected chi connectivity index (χ3v) is 5.38. The maximum absolute atomic E-state index is 12.9. The molecular formula is C25H26FNO6. The highest BCUT2D eigenvalue weighted by atomic mass is 19.1. The molecule has 1 aromatic heterocycles. The molecule has 1 heterocycles. The van der Waals surface area contributed by atoms with E-state index in [4.69, 9.17) is 13.9 Å². The van der Waals surface area contributed by atoms with E-state index in [-0.39, 0.29) is 18.7 Å². The van der Waals surface area contributed by atoms with Crippen LogP contribution in [0.3, 0.4) is 0 Å². The van der Waals surface area contributed by atoms with Gasteiger partial charge in [-0.3, -0.25) is 9.59 Å². The summed E-state index contributed by atoms with van der Waals surface area (Å²) in [5.41, 5.74) is 1.88. The highest BCUT2D eigenvalue weighted by molar-refractivity contribution is 5.84. The third-order valence-electron chi connectivity index (χ3n) is 5.38. The van der Waals surface area contributed by atoms with Crippen LogP contribution in [0.1, 0.15) is 30.0 Å². The van der Waals surface area contributed by atoms with Crippen molar-refractivity contribution in [3.63, 3.8) is 0 Å². The predicted octanol–water partition coefficient (Wildman–Crippen LogP) is 3.47. The van der Waals surface area contributed by atoms with Crippen LogP contribution in [0.5, 0.6) is 5.75 Å². The van der Waals surface area contributed by atoms with Gasteiger partial charge in [-0.1, -0.05) is 12.1 Å². The summed E-state index contributed by atoms with van der Waals surface area (Å²) >= 11 is 0. The molecule has 0 aliphatic heterocycles. The Bertz CT molecular complexity index is 1200. The average molecular weight is 455 g/mol. The van der Waals surface area contributed by atoms with E-state index in [0.717, 1.165) is 16.5 Å². The molecule has 0 aliphatic rings. The fourth-order valence-electron chi connectivity index (χ4n) is 3.45. The number of halogens is 1. The molecule has 8 heteroatoms. The monoisotopic (exact) mass is 455 g/mol. The van der Waals surface area contributed by atoms with E-state index in [1.165, 1.54) is 26.2 Å². The Morgan fingerprint density at radius 3 is 2.55 bits per heavy atom. The average Bonchev–Trinajstić information content (AvgIpc) is 2.79. The van der Waals surface area contributed by atoms with Crippen LogP contribution < -0.4 is 15.7 Å². The van der Waals surface area contributed by atoms with Crippen molar-refractivity contribution in [2.75, 3.05) is 13.7 Å². The van der Waals surface area contributed by atoms with Crippen LogP contribution in [0.15, 0.2) is 51.7 Å². The Labute approximate surface area is 190 Å². The van der Waals surface area contributed by atoms with Crippen molar-refractivity contribution in [3.8, 4) is 5.75 Å². The number of methoxy groups -OCH3 is 1. The van der Waals surface area contributed by atoms with Crippen molar-refractivity contribution in [1.29, 1.82) is 0 Å². The first kappa shape index (κ1) is 24.0. The van der Waals surface area contributed by atoms with E-state index in [9.17, 15) is 18.8 Å². The van der Waals surface area contributed by atoms with Gasteiger partial charge in [0.15, 0.2) is 6.10 Å². The second-order valence-corrected chi connectivity index (χ2v) is 7.65. The number of fused-ring (bicyclic) bond motifs is 1. The van der Waals surface area contributed by atoms with E-state index < -0.39 is 23.6 Å². The number of carbonyl (C=O) groups excluding carboxylic acids is 2. The molecule has 0 saturated heterocycles. The first-order valence-electron chi connectivity index (χ1n) is 10.6. The Morgan fingerprint density at radius 1 is 1.12 bits per heavy atom. The summed E-state index contributed by atoms with van der Waals surface area (Å²) in [6.07, 6.45) is -0.392. The highest BCUT2D eigenvalue weighted by Crippen LogP contribution is 2.24. The van der Waals surface area contributed by atoms with E-state index in [2.05, 4.69) is 5.32 Å². The van der Waals surface area contributed by atoms with E-state index >= 15 is 0 Å². The SMILES string of the molecule is COc1ccc2c(C)c(CCC(=O)OC(C)C(=O)NCCc3ccc(F)cc3)c(=O)oc2c1. The first-order chi connectivity index (χ1) is 15.8. The van der Waals surface area contributed by atoms with Gasteiger partial charge in [-0.2, -0.15) is 0 Å². The van der Waals surface area contributed by atoms with Crippen LogP contribution in [0.25, 0.3) is 11.0 Å². The van der Waals surface area contributed by atoms with Crippen LogP contribution in [-0.4, -0.2) is 31.6 Å². The normalized spacial score (nSPS) is 11.8. The lowest BCUT2D eigenvalue weighted by molar-refractivity contribution is -0.154. The molecule has 1 amide bonds. The van der Waals surface area contributed by atoms with Crippen molar-refractivity contribution >= 4 is 22.8 Å². The standard InChI is InChI=1S/C25H26FNO6/c1-15-20-9-8-19(31-3)14-22(20)33-25(30)21(15)10-11-23(28)32-16(2)24(29)27-13-12-17-4-6-18(26)7-5-17/h4-9,14,16H,10-13H2,1-3H3,(H,27,29). The molecule has 0 radical (unpaired) electrons. The second kappa shape index (κ2) is 10.8. The number of benzene rings is 2. The fraction of sp³-hybridized carbons (Fsp3) is 0.320. The molecule has 1 atom stereocenters. The number of esters is 1. The second-order valence-electron chi connectivity index (χ2n) is 7.65. The molecule has 33 heavy (non-hydrogen) atoms. The number of amides is 1. The van der Waals surface area contributed by atoms with Gasteiger partial charge in [-0.05, 0) is 62.1 Å². The molecule has 1 N–H and O–H groups in total. The Morgan fingerprint density at radius 2 is 1.85 bits per heavy atom. The van der Waals surface area contributed by atoms with Crippen LogP contribution >= 0.6 is 0 Å². The van der Waals surface area contributed by atoms with Gasteiger partial charge >= 0.3 is 11.6 Å².